The molecule has 0 amide bonds. The van der Waals surface area contributed by atoms with E-state index >= 15 is 0 Å². The fourth-order valence-corrected chi connectivity index (χ4v) is 2.72. The van der Waals surface area contributed by atoms with E-state index in [1.54, 1.807) is 4.52 Å². The quantitative estimate of drug-likeness (QED) is 0.120. The van der Waals surface area contributed by atoms with Crippen molar-refractivity contribution in [2.75, 3.05) is 11.9 Å². The molecule has 0 aliphatic carbocycles. The van der Waals surface area contributed by atoms with Crippen LogP contribution in [0.1, 0.15) is 25.0 Å². The Morgan fingerprint density at radius 1 is 1.31 bits per heavy atom. The van der Waals surface area contributed by atoms with Crippen LogP contribution in [0, 0.1) is 11.3 Å². The van der Waals surface area contributed by atoms with E-state index in [9.17, 15) is 0 Å². The second kappa shape index (κ2) is 9.29. The van der Waals surface area contributed by atoms with Gasteiger partial charge in [-0.2, -0.15) is 20.6 Å². The molecule has 0 saturated carbocycles. The maximum absolute atomic E-state index is 8.73. The molecule has 0 spiro atoms. The number of fused-ring (bicyclic) bond motifs is 1. The number of hydrazone groups is 2. The lowest BCUT2D eigenvalue weighted by molar-refractivity contribution is 0.768. The average molecular weight is 390 g/mol. The van der Waals surface area contributed by atoms with E-state index in [0.29, 0.717) is 18.2 Å². The minimum Gasteiger partial charge on any atom is -0.338 e. The van der Waals surface area contributed by atoms with Crippen LogP contribution in [0.5, 0.6) is 0 Å². The maximum Gasteiger partial charge on any atom is 0.173 e. The molecule has 2 heterocycles. The molecule has 1 aromatic carbocycles. The number of nitrogens with zero attached hydrogens (tertiary/aromatic N) is 6. The molecule has 0 saturated heterocycles. The molecule has 3 aromatic rings. The van der Waals surface area contributed by atoms with Crippen LogP contribution in [0.25, 0.3) is 5.52 Å². The fourth-order valence-electron chi connectivity index (χ4n) is 2.72. The molecule has 0 unspecified atom stereocenters. The third kappa shape index (κ3) is 4.85. The molecular weight excluding hydrogens is 368 g/mol. The Morgan fingerprint density at radius 2 is 2.17 bits per heavy atom. The van der Waals surface area contributed by atoms with E-state index in [1.807, 2.05) is 50.4 Å². The Morgan fingerprint density at radius 3 is 2.93 bits per heavy atom. The van der Waals surface area contributed by atoms with E-state index in [2.05, 4.69) is 42.4 Å². The highest BCUT2D eigenvalue weighted by Gasteiger charge is 2.11. The predicted molar refractivity (Wildman–Crippen MR) is 113 cm³/mol. The monoisotopic (exact) mass is 390 g/mol. The number of nitrogens with two attached hydrogens (primary N) is 1. The van der Waals surface area contributed by atoms with Crippen LogP contribution in [-0.2, 0) is 6.54 Å². The van der Waals surface area contributed by atoms with E-state index in [0.717, 1.165) is 28.0 Å². The number of nitrogens with one attached hydrogen (secondary N) is 3. The van der Waals surface area contributed by atoms with Gasteiger partial charge in [-0.3, -0.25) is 5.43 Å². The van der Waals surface area contributed by atoms with Gasteiger partial charge in [-0.15, -0.1) is 0 Å². The van der Waals surface area contributed by atoms with Crippen molar-refractivity contribution < 1.29 is 0 Å². The molecule has 0 aliphatic rings. The second-order valence-corrected chi connectivity index (χ2v) is 6.36. The number of nitriles is 1. The topological polar surface area (TPSA) is 141 Å². The summed E-state index contributed by atoms with van der Waals surface area (Å²) in [7, 11) is 0. The van der Waals surface area contributed by atoms with Crippen LogP contribution >= 0.6 is 0 Å². The summed E-state index contributed by atoms with van der Waals surface area (Å²) in [5.41, 5.74) is 7.12. The number of hydrogen-bond acceptors (Lipinski definition) is 8. The number of benzene rings is 1. The van der Waals surface area contributed by atoms with Gasteiger partial charge in [0.2, 0.25) is 0 Å². The van der Waals surface area contributed by atoms with Crippen molar-refractivity contribution in [1.82, 2.24) is 25.3 Å². The molecule has 148 valence electrons. The summed E-state index contributed by atoms with van der Waals surface area (Å²) in [6.45, 7) is 4.55. The Bertz CT molecular complexity index is 1090. The highest BCUT2D eigenvalue weighted by molar-refractivity contribution is 6.00. The van der Waals surface area contributed by atoms with Gasteiger partial charge in [-0.1, -0.05) is 12.1 Å². The largest absolute Gasteiger partial charge is 0.338 e. The number of hydrogen-bond donors (Lipinski definition) is 4. The standard InChI is InChI=1S/C19H22N10/c1-13(2)27-28-18(26-21)14-4-3-5-16(10-14)25-19-17-15(11-22-8-7-20)6-9-29(17)24-12-23-19/h3-6,9-10,12,22H,8,11,21H2,1-2H3,(H,26,28)(H,23,24,25). The molecule has 2 aromatic heterocycles. The van der Waals surface area contributed by atoms with Crippen molar-refractivity contribution in [3.05, 3.63) is 54.0 Å². The zero-order chi connectivity index (χ0) is 20.6. The SMILES string of the molecule is CC(C)=NN/C(=N/N)c1cccc(Nc2ncnn3ccc(CNCC#N)c23)c1. The zero-order valence-corrected chi connectivity index (χ0v) is 16.2. The molecule has 29 heavy (non-hydrogen) atoms. The first-order valence-corrected chi connectivity index (χ1v) is 8.93. The Kier molecular flexibility index (Phi) is 6.34. The van der Waals surface area contributed by atoms with Crippen LogP contribution in [-0.4, -0.2) is 32.7 Å². The summed E-state index contributed by atoms with van der Waals surface area (Å²) in [5.74, 6) is 6.62. The average Bonchev–Trinajstić information content (AvgIpc) is 3.13. The zero-order valence-electron chi connectivity index (χ0n) is 16.2. The number of rotatable bonds is 7. The molecule has 0 fully saturated rings. The van der Waals surface area contributed by atoms with Crippen LogP contribution in [0.4, 0.5) is 11.5 Å². The van der Waals surface area contributed by atoms with Gasteiger partial charge in [-0.05, 0) is 37.6 Å². The first-order chi connectivity index (χ1) is 14.1. The summed E-state index contributed by atoms with van der Waals surface area (Å²) in [6.07, 6.45) is 3.34. The smallest absolute Gasteiger partial charge is 0.173 e. The van der Waals surface area contributed by atoms with Gasteiger partial charge in [0, 0.05) is 29.7 Å². The first kappa shape index (κ1) is 19.8. The molecule has 0 radical (unpaired) electrons. The molecule has 3 rings (SSSR count). The molecule has 10 heteroatoms. The van der Waals surface area contributed by atoms with Gasteiger partial charge in [0.15, 0.2) is 11.7 Å². The summed E-state index contributed by atoms with van der Waals surface area (Å²) in [6, 6.07) is 11.6. The van der Waals surface area contributed by atoms with Crippen LogP contribution in [0.3, 0.4) is 0 Å². The molecule has 10 nitrogen and oxygen atoms in total. The van der Waals surface area contributed by atoms with E-state index in [4.69, 9.17) is 11.1 Å². The molecule has 0 aliphatic heterocycles. The van der Waals surface area contributed by atoms with Crippen LogP contribution < -0.4 is 21.9 Å². The number of amidine groups is 1. The maximum atomic E-state index is 8.73. The fraction of sp³-hybridized carbons (Fsp3) is 0.211. The lowest BCUT2D eigenvalue weighted by Crippen LogP contribution is -2.21. The Labute approximate surface area is 168 Å². The molecule has 0 bridgehead atoms. The molecule has 0 atom stereocenters. The normalized spacial score (nSPS) is 11.1. The van der Waals surface area contributed by atoms with Crippen LogP contribution in [0.15, 0.2) is 53.1 Å². The van der Waals surface area contributed by atoms with Gasteiger partial charge in [0.25, 0.3) is 0 Å². The summed E-state index contributed by atoms with van der Waals surface area (Å²) >= 11 is 0. The summed E-state index contributed by atoms with van der Waals surface area (Å²) < 4.78 is 1.75. The van der Waals surface area contributed by atoms with Gasteiger partial charge in [-0.25, -0.2) is 9.50 Å². The van der Waals surface area contributed by atoms with Crippen molar-refractivity contribution in [3.63, 3.8) is 0 Å². The van der Waals surface area contributed by atoms with Gasteiger partial charge >= 0.3 is 0 Å². The molecular formula is C19H22N10. The third-order valence-electron chi connectivity index (χ3n) is 3.97. The minimum atomic E-state index is 0.268. The predicted octanol–water partition coefficient (Wildman–Crippen LogP) is 1.69. The van der Waals surface area contributed by atoms with Crippen molar-refractivity contribution in [2.24, 2.45) is 16.0 Å². The van der Waals surface area contributed by atoms with Crippen molar-refractivity contribution in [1.29, 1.82) is 5.26 Å². The molecule has 5 N–H and O–H groups in total. The Balaban J connectivity index is 1.89. The Hall–Kier alpha value is -3.97. The van der Waals surface area contributed by atoms with E-state index in [-0.39, 0.29) is 6.54 Å². The second-order valence-electron chi connectivity index (χ2n) is 6.36. The van der Waals surface area contributed by atoms with Gasteiger partial charge in [0.1, 0.15) is 11.8 Å². The van der Waals surface area contributed by atoms with Gasteiger partial charge in [0.05, 0.1) is 12.6 Å². The van der Waals surface area contributed by atoms with E-state index in [1.165, 1.54) is 6.33 Å². The van der Waals surface area contributed by atoms with Crippen molar-refractivity contribution in [3.8, 4) is 6.07 Å². The summed E-state index contributed by atoms with van der Waals surface area (Å²) in [4.78, 5) is 4.39. The lowest BCUT2D eigenvalue weighted by atomic mass is 10.2. The highest BCUT2D eigenvalue weighted by Crippen LogP contribution is 2.23. The first-order valence-electron chi connectivity index (χ1n) is 8.93. The van der Waals surface area contributed by atoms with Gasteiger partial charge < -0.3 is 16.5 Å². The van der Waals surface area contributed by atoms with Crippen LogP contribution in [0.2, 0.25) is 0 Å². The highest BCUT2D eigenvalue weighted by atomic mass is 15.3. The number of aromatic nitrogens is 3. The van der Waals surface area contributed by atoms with Crippen molar-refractivity contribution in [2.45, 2.75) is 20.4 Å². The lowest BCUT2D eigenvalue weighted by Gasteiger charge is -2.11. The minimum absolute atomic E-state index is 0.268. The summed E-state index contributed by atoms with van der Waals surface area (Å²) in [5, 5.41) is 27.3. The van der Waals surface area contributed by atoms with Crippen molar-refractivity contribution >= 4 is 28.6 Å². The third-order valence-corrected chi connectivity index (χ3v) is 3.97. The number of anilines is 2. The van der Waals surface area contributed by atoms with E-state index < -0.39 is 0 Å².